The Balaban J connectivity index is 2.54. The second-order valence-corrected chi connectivity index (χ2v) is 3.67. The molecule has 1 saturated carbocycles. The van der Waals surface area contributed by atoms with Gasteiger partial charge in [-0.25, -0.2) is 9.97 Å². The molecule has 0 saturated heterocycles. The summed E-state index contributed by atoms with van der Waals surface area (Å²) in [4.78, 5) is 17.6. The molecular weight excluding hydrogens is 225 g/mol. The molecule has 0 radical (unpaired) electrons. The molecular formula is C9H7F3N2O2. The van der Waals surface area contributed by atoms with Crippen LogP contribution in [0.5, 0.6) is 0 Å². The number of carboxylic acids is 1. The van der Waals surface area contributed by atoms with Gasteiger partial charge in [0.25, 0.3) is 0 Å². The van der Waals surface area contributed by atoms with Gasteiger partial charge >= 0.3 is 12.1 Å². The third-order valence-electron chi connectivity index (χ3n) is 2.66. The Bertz CT molecular complexity index is 441. The Morgan fingerprint density at radius 1 is 1.44 bits per heavy atom. The van der Waals surface area contributed by atoms with Crippen LogP contribution in [0.15, 0.2) is 12.5 Å². The molecule has 1 heterocycles. The van der Waals surface area contributed by atoms with Crippen molar-refractivity contribution in [2.45, 2.75) is 24.4 Å². The van der Waals surface area contributed by atoms with E-state index in [9.17, 15) is 18.0 Å². The molecule has 1 N–H and O–H groups in total. The topological polar surface area (TPSA) is 63.1 Å². The van der Waals surface area contributed by atoms with Gasteiger partial charge in [0.05, 0.1) is 5.41 Å². The maximum Gasteiger partial charge on any atom is 0.433 e. The number of rotatable bonds is 2. The van der Waals surface area contributed by atoms with E-state index >= 15 is 0 Å². The van der Waals surface area contributed by atoms with Crippen LogP contribution < -0.4 is 0 Å². The lowest BCUT2D eigenvalue weighted by molar-refractivity contribution is -0.144. The first kappa shape index (κ1) is 10.8. The molecule has 16 heavy (non-hydrogen) atoms. The molecule has 0 atom stereocenters. The third-order valence-corrected chi connectivity index (χ3v) is 2.66. The van der Waals surface area contributed by atoms with Gasteiger partial charge in [-0.2, -0.15) is 13.2 Å². The highest BCUT2D eigenvalue weighted by Crippen LogP contribution is 2.51. The van der Waals surface area contributed by atoms with E-state index in [2.05, 4.69) is 9.97 Å². The molecule has 1 aliphatic carbocycles. The van der Waals surface area contributed by atoms with Crippen LogP contribution in [0.3, 0.4) is 0 Å². The van der Waals surface area contributed by atoms with Crippen molar-refractivity contribution in [2.75, 3.05) is 0 Å². The molecule has 1 fully saturated rings. The highest BCUT2D eigenvalue weighted by Gasteiger charge is 2.56. The highest BCUT2D eigenvalue weighted by molar-refractivity contribution is 5.85. The fourth-order valence-corrected chi connectivity index (χ4v) is 1.63. The van der Waals surface area contributed by atoms with Crippen LogP contribution in [0.25, 0.3) is 0 Å². The minimum atomic E-state index is -4.65. The van der Waals surface area contributed by atoms with Crippen molar-refractivity contribution in [3.8, 4) is 0 Å². The van der Waals surface area contributed by atoms with Crippen molar-refractivity contribution in [1.82, 2.24) is 9.97 Å². The van der Waals surface area contributed by atoms with Crippen molar-refractivity contribution in [1.29, 1.82) is 0 Å². The zero-order chi connectivity index (χ0) is 12.0. The quantitative estimate of drug-likeness (QED) is 0.841. The Labute approximate surface area is 88.1 Å². The summed E-state index contributed by atoms with van der Waals surface area (Å²) in [6.07, 6.45) is -2.55. The van der Waals surface area contributed by atoms with Crippen molar-refractivity contribution < 1.29 is 23.1 Å². The zero-order valence-corrected chi connectivity index (χ0v) is 7.95. The SMILES string of the molecule is O=C(O)C1(c2cncnc2C(F)(F)F)CC1. The number of hydrogen-bond acceptors (Lipinski definition) is 3. The molecule has 86 valence electrons. The Kier molecular flexibility index (Phi) is 2.14. The third kappa shape index (κ3) is 1.52. The van der Waals surface area contributed by atoms with E-state index in [4.69, 9.17) is 5.11 Å². The van der Waals surface area contributed by atoms with Crippen LogP contribution in [0.4, 0.5) is 13.2 Å². The predicted octanol–water partition coefficient (Wildman–Crippen LogP) is 1.61. The van der Waals surface area contributed by atoms with Gasteiger partial charge in [0.15, 0.2) is 5.69 Å². The Morgan fingerprint density at radius 2 is 2.06 bits per heavy atom. The maximum absolute atomic E-state index is 12.6. The van der Waals surface area contributed by atoms with E-state index in [0.717, 1.165) is 12.5 Å². The molecule has 0 unspecified atom stereocenters. The number of alkyl halides is 3. The van der Waals surface area contributed by atoms with Gasteiger partial charge in [0.1, 0.15) is 6.33 Å². The van der Waals surface area contributed by atoms with Gasteiger partial charge in [-0.05, 0) is 12.8 Å². The van der Waals surface area contributed by atoms with Crippen LogP contribution in [0.2, 0.25) is 0 Å². The molecule has 7 heteroatoms. The summed E-state index contributed by atoms with van der Waals surface area (Å²) in [6, 6.07) is 0. The molecule has 0 spiro atoms. The molecule has 1 aromatic heterocycles. The minimum Gasteiger partial charge on any atom is -0.481 e. The lowest BCUT2D eigenvalue weighted by Gasteiger charge is -2.15. The second-order valence-electron chi connectivity index (χ2n) is 3.67. The molecule has 0 amide bonds. The normalized spacial score (nSPS) is 18.2. The molecule has 0 aliphatic heterocycles. The summed E-state index contributed by atoms with van der Waals surface area (Å²) in [6.45, 7) is 0. The van der Waals surface area contributed by atoms with E-state index in [0.29, 0.717) is 0 Å². The van der Waals surface area contributed by atoms with Crippen molar-refractivity contribution in [3.63, 3.8) is 0 Å². The first-order valence-electron chi connectivity index (χ1n) is 4.49. The Morgan fingerprint density at radius 3 is 2.50 bits per heavy atom. The van der Waals surface area contributed by atoms with Crippen molar-refractivity contribution in [3.05, 3.63) is 23.8 Å². The molecule has 2 rings (SSSR count). The average molecular weight is 232 g/mol. The number of halogens is 3. The van der Waals surface area contributed by atoms with E-state index in [1.165, 1.54) is 0 Å². The first-order valence-corrected chi connectivity index (χ1v) is 4.49. The van der Waals surface area contributed by atoms with Crippen LogP contribution in [0, 0.1) is 0 Å². The van der Waals surface area contributed by atoms with Gasteiger partial charge in [0, 0.05) is 11.8 Å². The molecule has 4 nitrogen and oxygen atoms in total. The first-order chi connectivity index (χ1) is 7.38. The van der Waals surface area contributed by atoms with Gasteiger partial charge in [-0.1, -0.05) is 0 Å². The maximum atomic E-state index is 12.6. The van der Waals surface area contributed by atoms with E-state index in [1.54, 1.807) is 0 Å². The summed E-state index contributed by atoms with van der Waals surface area (Å²) in [7, 11) is 0. The van der Waals surface area contributed by atoms with Gasteiger partial charge in [0.2, 0.25) is 0 Å². The summed E-state index contributed by atoms with van der Waals surface area (Å²) < 4.78 is 37.8. The number of aromatic nitrogens is 2. The predicted molar refractivity (Wildman–Crippen MR) is 45.6 cm³/mol. The van der Waals surface area contributed by atoms with Gasteiger partial charge < -0.3 is 5.11 Å². The van der Waals surface area contributed by atoms with Crippen molar-refractivity contribution in [2.24, 2.45) is 0 Å². The van der Waals surface area contributed by atoms with E-state index in [-0.39, 0.29) is 18.4 Å². The van der Waals surface area contributed by atoms with Crippen LogP contribution in [0.1, 0.15) is 24.1 Å². The Hall–Kier alpha value is -1.66. The van der Waals surface area contributed by atoms with Crippen molar-refractivity contribution >= 4 is 5.97 Å². The molecule has 0 aromatic carbocycles. The average Bonchev–Trinajstić information content (AvgIpc) is 2.97. The number of nitrogens with zero attached hydrogens (tertiary/aromatic N) is 2. The number of hydrogen-bond donors (Lipinski definition) is 1. The zero-order valence-electron chi connectivity index (χ0n) is 7.95. The lowest BCUT2D eigenvalue weighted by atomic mass is 9.96. The summed E-state index contributed by atoms with van der Waals surface area (Å²) in [5, 5.41) is 8.92. The van der Waals surface area contributed by atoms with Crippen LogP contribution >= 0.6 is 0 Å². The highest BCUT2D eigenvalue weighted by atomic mass is 19.4. The number of aliphatic carboxylic acids is 1. The van der Waals surface area contributed by atoms with Crippen LogP contribution in [-0.4, -0.2) is 21.0 Å². The summed E-state index contributed by atoms with van der Waals surface area (Å²) in [5.74, 6) is -1.26. The fraction of sp³-hybridized carbons (Fsp3) is 0.444. The monoisotopic (exact) mass is 232 g/mol. The minimum absolute atomic E-state index is 0.193. The largest absolute Gasteiger partial charge is 0.481 e. The number of carboxylic acid groups (broad SMARTS) is 1. The fourth-order valence-electron chi connectivity index (χ4n) is 1.63. The molecule has 1 aromatic rings. The second kappa shape index (κ2) is 3.16. The van der Waals surface area contributed by atoms with Gasteiger partial charge in [-0.15, -0.1) is 0 Å². The smallest absolute Gasteiger partial charge is 0.433 e. The standard InChI is InChI=1S/C9H7F3N2O2/c10-9(11,12)6-5(3-13-4-14-6)8(1-2-8)7(15)16/h3-4H,1-2H2,(H,15,16). The lowest BCUT2D eigenvalue weighted by Crippen LogP contribution is -2.25. The molecule has 0 bridgehead atoms. The molecule has 1 aliphatic rings. The summed E-state index contributed by atoms with van der Waals surface area (Å²) >= 11 is 0. The number of carbonyl (C=O) groups is 1. The van der Waals surface area contributed by atoms with Gasteiger partial charge in [-0.3, -0.25) is 4.79 Å². The van der Waals surface area contributed by atoms with Crippen LogP contribution in [-0.2, 0) is 16.4 Å². The van der Waals surface area contributed by atoms with E-state index in [1.807, 2.05) is 0 Å². The van der Waals surface area contributed by atoms with E-state index < -0.39 is 23.3 Å². The summed E-state index contributed by atoms with van der Waals surface area (Å²) in [5.41, 5.74) is -2.93.